The average molecular weight is 797 g/mol. The van der Waals surface area contributed by atoms with Gasteiger partial charge in [-0.3, -0.25) is 0 Å². The standard InChI is InChI=1S/C58H44N4/c1-37-25-26-41(33-38(37)2)57-45-31-29-44(62-55-23-13-9-19-51(55)60(4)52-20-10-14-24-56(52)62)36-48(45)58(42-28-27-39-15-5-6-16-40(39)34-42)46-32-30-43(35-47(46)57)61-53-21-11-7-17-49(53)59(3)50-18-8-12-22-54(50)61/h5-36H,1-4H3. The van der Waals surface area contributed by atoms with Crippen LogP contribution in [0.1, 0.15) is 11.1 Å². The fourth-order valence-electron chi connectivity index (χ4n) is 10.2. The van der Waals surface area contributed by atoms with Gasteiger partial charge in [0, 0.05) is 25.5 Å². The molecule has 4 heteroatoms. The molecule has 0 saturated heterocycles. The predicted octanol–water partition coefficient (Wildman–Crippen LogP) is 16.2. The largest absolute Gasteiger partial charge is 0.341 e. The highest BCUT2D eigenvalue weighted by atomic mass is 15.3. The summed E-state index contributed by atoms with van der Waals surface area (Å²) in [7, 11) is 4.34. The Balaban J connectivity index is 1.20. The molecule has 10 aromatic rings. The van der Waals surface area contributed by atoms with Crippen LogP contribution in [0, 0.1) is 13.8 Å². The van der Waals surface area contributed by atoms with Gasteiger partial charge in [-0.15, -0.1) is 0 Å². The van der Waals surface area contributed by atoms with E-state index in [4.69, 9.17) is 0 Å². The van der Waals surface area contributed by atoms with Crippen molar-refractivity contribution in [3.8, 4) is 22.3 Å². The molecule has 0 spiro atoms. The van der Waals surface area contributed by atoms with Gasteiger partial charge < -0.3 is 19.6 Å². The van der Waals surface area contributed by atoms with Gasteiger partial charge in [0.25, 0.3) is 0 Å². The zero-order chi connectivity index (χ0) is 41.6. The molecule has 296 valence electrons. The highest BCUT2D eigenvalue weighted by Gasteiger charge is 2.30. The molecule has 2 aliphatic rings. The number of benzene rings is 10. The van der Waals surface area contributed by atoms with Crippen LogP contribution >= 0.6 is 0 Å². The minimum absolute atomic E-state index is 1.13. The molecule has 2 aliphatic heterocycles. The monoisotopic (exact) mass is 796 g/mol. The van der Waals surface area contributed by atoms with E-state index in [-0.39, 0.29) is 0 Å². The molecule has 0 radical (unpaired) electrons. The Kier molecular flexibility index (Phi) is 8.07. The molecule has 0 saturated carbocycles. The number of anilines is 10. The van der Waals surface area contributed by atoms with E-state index in [0.29, 0.717) is 0 Å². The van der Waals surface area contributed by atoms with Crippen LogP contribution in [-0.2, 0) is 0 Å². The van der Waals surface area contributed by atoms with Crippen molar-refractivity contribution in [2.24, 2.45) is 0 Å². The number of hydrogen-bond acceptors (Lipinski definition) is 4. The second-order valence-corrected chi connectivity index (χ2v) is 16.8. The molecule has 0 unspecified atom stereocenters. The predicted molar refractivity (Wildman–Crippen MR) is 265 cm³/mol. The Bertz CT molecular complexity index is 3360. The van der Waals surface area contributed by atoms with Crippen molar-refractivity contribution in [2.75, 3.05) is 33.7 Å². The normalized spacial score (nSPS) is 13.0. The van der Waals surface area contributed by atoms with Gasteiger partial charge in [-0.2, -0.15) is 0 Å². The number of aryl methyl sites for hydroxylation is 2. The number of nitrogens with zero attached hydrogens (tertiary/aromatic N) is 4. The molecule has 2 heterocycles. The fraction of sp³-hybridized carbons (Fsp3) is 0.0690. The lowest BCUT2D eigenvalue weighted by Gasteiger charge is -2.39. The van der Waals surface area contributed by atoms with Gasteiger partial charge in [-0.1, -0.05) is 115 Å². The van der Waals surface area contributed by atoms with Gasteiger partial charge in [0.2, 0.25) is 0 Å². The first-order chi connectivity index (χ1) is 30.4. The summed E-state index contributed by atoms with van der Waals surface area (Å²) >= 11 is 0. The Labute approximate surface area is 362 Å². The third-order valence-corrected chi connectivity index (χ3v) is 13.4. The zero-order valence-electron chi connectivity index (χ0n) is 35.3. The topological polar surface area (TPSA) is 13.0 Å². The Morgan fingerprint density at radius 3 is 1.13 bits per heavy atom. The van der Waals surface area contributed by atoms with Gasteiger partial charge in [0.1, 0.15) is 0 Å². The van der Waals surface area contributed by atoms with E-state index in [1.54, 1.807) is 0 Å². The third-order valence-electron chi connectivity index (χ3n) is 13.4. The summed E-state index contributed by atoms with van der Waals surface area (Å²) in [5, 5.41) is 7.34. The molecule has 0 amide bonds. The van der Waals surface area contributed by atoms with Crippen molar-refractivity contribution < 1.29 is 0 Å². The number of fused-ring (bicyclic) bond motifs is 7. The van der Waals surface area contributed by atoms with Gasteiger partial charge in [-0.05, 0) is 158 Å². The van der Waals surface area contributed by atoms with Crippen molar-refractivity contribution in [1.29, 1.82) is 0 Å². The van der Waals surface area contributed by atoms with E-state index in [9.17, 15) is 0 Å². The maximum absolute atomic E-state index is 2.45. The number of rotatable bonds is 4. The third kappa shape index (κ3) is 5.39. The summed E-state index contributed by atoms with van der Waals surface area (Å²) in [6, 6.07) is 72.0. The first-order valence-corrected chi connectivity index (χ1v) is 21.5. The van der Waals surface area contributed by atoms with E-state index in [1.165, 1.54) is 88.4 Å². The maximum atomic E-state index is 2.45. The first kappa shape index (κ1) is 36.1. The van der Waals surface area contributed by atoms with E-state index in [1.807, 2.05) is 0 Å². The second-order valence-electron chi connectivity index (χ2n) is 16.8. The van der Waals surface area contributed by atoms with Crippen molar-refractivity contribution in [3.63, 3.8) is 0 Å². The molecule has 0 fully saturated rings. The molecule has 62 heavy (non-hydrogen) atoms. The SMILES string of the molecule is Cc1ccc(-c2c3ccc(N4c5ccccc5N(C)c5ccccc54)cc3c(-c3ccc4ccccc4c3)c3ccc(N4c5ccccc5N(C)c5ccccc54)cc23)cc1C. The second kappa shape index (κ2) is 13.9. The molecule has 0 bridgehead atoms. The van der Waals surface area contributed by atoms with Gasteiger partial charge in [0.15, 0.2) is 0 Å². The van der Waals surface area contributed by atoms with E-state index >= 15 is 0 Å². The quantitative estimate of drug-likeness (QED) is 0.164. The first-order valence-electron chi connectivity index (χ1n) is 21.5. The fourth-order valence-corrected chi connectivity index (χ4v) is 10.2. The highest BCUT2D eigenvalue weighted by Crippen LogP contribution is 2.55. The Hall–Kier alpha value is -7.82. The van der Waals surface area contributed by atoms with Crippen LogP contribution in [0.15, 0.2) is 194 Å². The van der Waals surface area contributed by atoms with Crippen LogP contribution in [0.25, 0.3) is 54.6 Å². The number of para-hydroxylation sites is 8. The molecule has 10 aromatic carbocycles. The molecule has 0 atom stereocenters. The van der Waals surface area contributed by atoms with Crippen LogP contribution in [0.5, 0.6) is 0 Å². The summed E-state index contributed by atoms with van der Waals surface area (Å²) in [5.74, 6) is 0. The Morgan fingerprint density at radius 2 is 0.677 bits per heavy atom. The summed E-state index contributed by atoms with van der Waals surface area (Å²) in [6.07, 6.45) is 0. The average Bonchev–Trinajstić information content (AvgIpc) is 3.32. The van der Waals surface area contributed by atoms with Crippen LogP contribution in [-0.4, -0.2) is 14.1 Å². The van der Waals surface area contributed by atoms with E-state index in [0.717, 1.165) is 34.1 Å². The molecule has 4 nitrogen and oxygen atoms in total. The molecular formula is C58H44N4. The Morgan fingerprint density at radius 1 is 0.290 bits per heavy atom. The lowest BCUT2D eigenvalue weighted by molar-refractivity contribution is 1.13. The lowest BCUT2D eigenvalue weighted by atomic mass is 9.84. The van der Waals surface area contributed by atoms with Crippen LogP contribution < -0.4 is 19.6 Å². The van der Waals surface area contributed by atoms with Crippen molar-refractivity contribution >= 4 is 89.2 Å². The van der Waals surface area contributed by atoms with Gasteiger partial charge in [-0.25, -0.2) is 0 Å². The lowest BCUT2D eigenvalue weighted by Crippen LogP contribution is -2.24. The van der Waals surface area contributed by atoms with Gasteiger partial charge >= 0.3 is 0 Å². The minimum Gasteiger partial charge on any atom is -0.341 e. The zero-order valence-corrected chi connectivity index (χ0v) is 35.3. The highest BCUT2D eigenvalue weighted by molar-refractivity contribution is 6.23. The molecular weight excluding hydrogens is 753 g/mol. The smallest absolute Gasteiger partial charge is 0.0699 e. The summed E-state index contributed by atoms with van der Waals surface area (Å²) < 4.78 is 0. The summed E-state index contributed by atoms with van der Waals surface area (Å²) in [5.41, 5.74) is 19.1. The summed E-state index contributed by atoms with van der Waals surface area (Å²) in [6.45, 7) is 4.44. The van der Waals surface area contributed by atoms with Crippen molar-refractivity contribution in [2.45, 2.75) is 13.8 Å². The molecule has 0 N–H and O–H groups in total. The number of hydrogen-bond donors (Lipinski definition) is 0. The molecule has 12 rings (SSSR count). The van der Waals surface area contributed by atoms with E-state index in [2.05, 4.69) is 242 Å². The van der Waals surface area contributed by atoms with E-state index < -0.39 is 0 Å². The van der Waals surface area contributed by atoms with Crippen LogP contribution in [0.2, 0.25) is 0 Å². The van der Waals surface area contributed by atoms with Crippen molar-refractivity contribution in [3.05, 3.63) is 205 Å². The van der Waals surface area contributed by atoms with Crippen LogP contribution in [0.4, 0.5) is 56.9 Å². The van der Waals surface area contributed by atoms with Crippen LogP contribution in [0.3, 0.4) is 0 Å². The molecule has 0 aliphatic carbocycles. The molecule has 0 aromatic heterocycles. The van der Waals surface area contributed by atoms with Gasteiger partial charge in [0.05, 0.1) is 45.5 Å². The maximum Gasteiger partial charge on any atom is 0.0699 e. The summed E-state index contributed by atoms with van der Waals surface area (Å²) in [4.78, 5) is 9.50. The van der Waals surface area contributed by atoms with Crippen molar-refractivity contribution in [1.82, 2.24) is 0 Å². The minimum atomic E-state index is 1.13.